The van der Waals surface area contributed by atoms with Crippen LogP contribution < -0.4 is 26.4 Å². The molecule has 1 aliphatic carbocycles. The van der Waals surface area contributed by atoms with Crippen molar-refractivity contribution in [3.8, 4) is 5.75 Å². The minimum absolute atomic E-state index is 0.0970. The second kappa shape index (κ2) is 6.55. The summed E-state index contributed by atoms with van der Waals surface area (Å²) in [7, 11) is 1.50. The van der Waals surface area contributed by atoms with Crippen molar-refractivity contribution < 1.29 is 9.13 Å². The Morgan fingerprint density at radius 2 is 2.03 bits per heavy atom. The lowest BCUT2D eigenvalue weighted by Crippen LogP contribution is -2.42. The number of fused-ring (bicyclic) bond motifs is 2. The topological polar surface area (TPSA) is 93.3 Å². The Labute approximate surface area is 176 Å². The van der Waals surface area contributed by atoms with Gasteiger partial charge in [-0.1, -0.05) is 0 Å². The number of rotatable bonds is 4. The molecule has 0 radical (unpaired) electrons. The molecule has 2 aliphatic rings. The SMILES string of the molecule is COc1c(N2CC[C@H](C(C)(C)N)C2)c(F)cc2c(=O)c3c(=O)[nH]sc3n(C3CC3)c12. The van der Waals surface area contributed by atoms with Crippen molar-refractivity contribution in [3.63, 3.8) is 0 Å². The number of aromatic nitrogens is 2. The maximum atomic E-state index is 15.4. The van der Waals surface area contributed by atoms with Crippen LogP contribution in [-0.2, 0) is 0 Å². The summed E-state index contributed by atoms with van der Waals surface area (Å²) in [5.74, 6) is 0.0628. The van der Waals surface area contributed by atoms with Crippen LogP contribution in [0.5, 0.6) is 5.75 Å². The summed E-state index contributed by atoms with van der Waals surface area (Å²) >= 11 is 1.15. The number of benzene rings is 1. The van der Waals surface area contributed by atoms with Gasteiger partial charge < -0.3 is 19.9 Å². The molecule has 1 saturated carbocycles. The highest BCUT2D eigenvalue weighted by atomic mass is 32.1. The molecule has 0 spiro atoms. The number of H-pyrrole nitrogens is 1. The zero-order valence-corrected chi connectivity index (χ0v) is 18.1. The summed E-state index contributed by atoms with van der Waals surface area (Å²) in [6.07, 6.45) is 2.75. The summed E-state index contributed by atoms with van der Waals surface area (Å²) in [5.41, 5.74) is 6.00. The Kier molecular flexibility index (Phi) is 4.27. The molecule has 3 heterocycles. The maximum absolute atomic E-state index is 15.4. The van der Waals surface area contributed by atoms with E-state index in [1.165, 1.54) is 13.2 Å². The number of nitrogens with zero attached hydrogens (tertiary/aromatic N) is 2. The van der Waals surface area contributed by atoms with Crippen molar-refractivity contribution in [1.29, 1.82) is 0 Å². The molecule has 1 aromatic carbocycles. The Hall–Kier alpha value is -2.39. The largest absolute Gasteiger partial charge is 0.492 e. The van der Waals surface area contributed by atoms with Gasteiger partial charge in [0.05, 0.1) is 18.0 Å². The van der Waals surface area contributed by atoms with E-state index in [1.807, 2.05) is 23.3 Å². The molecule has 2 aromatic heterocycles. The highest BCUT2D eigenvalue weighted by Gasteiger charge is 2.37. The van der Waals surface area contributed by atoms with Gasteiger partial charge in [0.2, 0.25) is 5.43 Å². The summed E-state index contributed by atoms with van der Waals surface area (Å²) in [4.78, 5) is 28.0. The second-order valence-electron chi connectivity index (χ2n) is 9.03. The fraction of sp³-hybridized carbons (Fsp3) is 0.524. The van der Waals surface area contributed by atoms with Gasteiger partial charge in [-0.25, -0.2) is 4.39 Å². The lowest BCUT2D eigenvalue weighted by atomic mass is 9.88. The minimum Gasteiger partial charge on any atom is -0.492 e. The fourth-order valence-corrected chi connectivity index (χ4v) is 5.58. The van der Waals surface area contributed by atoms with Crippen LogP contribution >= 0.6 is 11.5 Å². The van der Waals surface area contributed by atoms with Crippen molar-refractivity contribution in [2.24, 2.45) is 11.7 Å². The number of hydrogen-bond donors (Lipinski definition) is 2. The van der Waals surface area contributed by atoms with E-state index >= 15 is 4.39 Å². The standard InChI is InChI=1S/C21H25FN4O3S/c1-21(2,23)10-6-7-25(9-10)16-13(22)8-12-15(18(16)29-3)26(11-4-5-11)20-14(17(12)27)19(28)24-30-20/h8,10-11H,4-7,9,23H2,1-3H3,(H,24,28)/t10-/m0/s1. The van der Waals surface area contributed by atoms with Crippen molar-refractivity contribution in [2.45, 2.75) is 44.7 Å². The lowest BCUT2D eigenvalue weighted by molar-refractivity contribution is 0.348. The van der Waals surface area contributed by atoms with Crippen molar-refractivity contribution in [3.05, 3.63) is 32.5 Å². The van der Waals surface area contributed by atoms with Gasteiger partial charge in [0.25, 0.3) is 5.56 Å². The number of pyridine rings is 1. The van der Waals surface area contributed by atoms with Gasteiger partial charge in [0.1, 0.15) is 15.9 Å². The number of anilines is 1. The lowest BCUT2D eigenvalue weighted by Gasteiger charge is -2.28. The monoisotopic (exact) mass is 432 g/mol. The molecule has 3 aromatic rings. The number of nitrogens with two attached hydrogens (primary N) is 1. The molecule has 9 heteroatoms. The molecule has 0 amide bonds. The highest BCUT2D eigenvalue weighted by molar-refractivity contribution is 7.12. The summed E-state index contributed by atoms with van der Waals surface area (Å²) in [5, 5.41) is 0.283. The van der Waals surface area contributed by atoms with E-state index in [0.717, 1.165) is 30.8 Å². The van der Waals surface area contributed by atoms with Crippen LogP contribution in [0.4, 0.5) is 10.1 Å². The molecule has 7 nitrogen and oxygen atoms in total. The minimum atomic E-state index is -0.514. The van der Waals surface area contributed by atoms with E-state index < -0.39 is 16.8 Å². The average Bonchev–Trinajstić information content (AvgIpc) is 3.25. The van der Waals surface area contributed by atoms with Crippen LogP contribution in [0.15, 0.2) is 15.7 Å². The van der Waals surface area contributed by atoms with Crippen LogP contribution in [0, 0.1) is 11.7 Å². The molecule has 1 aliphatic heterocycles. The molecule has 30 heavy (non-hydrogen) atoms. The predicted octanol–water partition coefficient (Wildman–Crippen LogP) is 2.95. The van der Waals surface area contributed by atoms with Gasteiger partial charge in [0.15, 0.2) is 11.6 Å². The smallest absolute Gasteiger partial charge is 0.271 e. The molecular weight excluding hydrogens is 407 g/mol. The fourth-order valence-electron chi connectivity index (χ4n) is 4.66. The Morgan fingerprint density at radius 1 is 1.30 bits per heavy atom. The summed E-state index contributed by atoms with van der Waals surface area (Å²) in [6, 6.07) is 1.44. The van der Waals surface area contributed by atoms with E-state index in [0.29, 0.717) is 34.9 Å². The second-order valence-corrected chi connectivity index (χ2v) is 9.83. The molecule has 5 rings (SSSR count). The number of nitrogens with one attached hydrogen (secondary N) is 1. The van der Waals surface area contributed by atoms with Crippen molar-refractivity contribution in [1.82, 2.24) is 8.94 Å². The third kappa shape index (κ3) is 2.79. The van der Waals surface area contributed by atoms with Crippen LogP contribution in [0.2, 0.25) is 0 Å². The van der Waals surface area contributed by atoms with E-state index in [-0.39, 0.29) is 28.3 Å². The van der Waals surface area contributed by atoms with E-state index in [4.69, 9.17) is 10.5 Å². The number of hydrogen-bond acceptors (Lipinski definition) is 6. The molecule has 160 valence electrons. The van der Waals surface area contributed by atoms with Crippen LogP contribution in [-0.4, -0.2) is 34.7 Å². The molecule has 0 bridgehead atoms. The molecule has 1 atom stereocenters. The Morgan fingerprint density at radius 3 is 2.63 bits per heavy atom. The third-order valence-electron chi connectivity index (χ3n) is 6.47. The number of ether oxygens (including phenoxy) is 1. The van der Waals surface area contributed by atoms with E-state index in [1.54, 1.807) is 0 Å². The van der Waals surface area contributed by atoms with E-state index in [9.17, 15) is 9.59 Å². The quantitative estimate of drug-likeness (QED) is 0.661. The average molecular weight is 433 g/mol. The van der Waals surface area contributed by atoms with Crippen molar-refractivity contribution in [2.75, 3.05) is 25.1 Å². The zero-order chi connectivity index (χ0) is 21.4. The van der Waals surface area contributed by atoms with Crippen molar-refractivity contribution >= 4 is 38.3 Å². The molecule has 1 saturated heterocycles. The van der Waals surface area contributed by atoms with Crippen LogP contribution in [0.3, 0.4) is 0 Å². The van der Waals surface area contributed by atoms with Crippen LogP contribution in [0.25, 0.3) is 21.1 Å². The first kappa shape index (κ1) is 19.6. The van der Waals surface area contributed by atoms with Gasteiger partial charge in [-0.3, -0.25) is 14.0 Å². The molecule has 2 fully saturated rings. The third-order valence-corrected chi connectivity index (χ3v) is 7.35. The first-order chi connectivity index (χ1) is 14.2. The Bertz CT molecular complexity index is 1280. The first-order valence-electron chi connectivity index (χ1n) is 10.2. The van der Waals surface area contributed by atoms with Gasteiger partial charge in [-0.2, -0.15) is 0 Å². The molecule has 3 N–H and O–H groups in total. The number of halogens is 1. The summed E-state index contributed by atoms with van der Waals surface area (Å²) < 4.78 is 25.8. The number of methoxy groups -OCH3 is 1. The summed E-state index contributed by atoms with van der Waals surface area (Å²) in [6.45, 7) is 5.27. The van der Waals surface area contributed by atoms with Gasteiger partial charge in [-0.05, 0) is 56.6 Å². The number of aromatic amines is 1. The molecule has 0 unspecified atom stereocenters. The molecular formula is C21H25FN4O3S. The zero-order valence-electron chi connectivity index (χ0n) is 17.3. The normalized spacial score (nSPS) is 19.9. The highest BCUT2D eigenvalue weighted by Crippen LogP contribution is 2.46. The van der Waals surface area contributed by atoms with Gasteiger partial charge >= 0.3 is 0 Å². The van der Waals surface area contributed by atoms with E-state index in [2.05, 4.69) is 4.37 Å². The van der Waals surface area contributed by atoms with Gasteiger partial charge in [-0.15, -0.1) is 0 Å². The maximum Gasteiger partial charge on any atom is 0.271 e. The predicted molar refractivity (Wildman–Crippen MR) is 118 cm³/mol. The Balaban J connectivity index is 1.82. The first-order valence-corrected chi connectivity index (χ1v) is 11.0. The van der Waals surface area contributed by atoms with Crippen LogP contribution in [0.1, 0.15) is 39.2 Å². The van der Waals surface area contributed by atoms with Gasteiger partial charge in [0, 0.05) is 24.7 Å².